The van der Waals surface area contributed by atoms with Crippen molar-refractivity contribution in [2.24, 2.45) is 0 Å². The van der Waals surface area contributed by atoms with Crippen molar-refractivity contribution < 1.29 is 17.9 Å². The summed E-state index contributed by atoms with van der Waals surface area (Å²) >= 11 is 0. The van der Waals surface area contributed by atoms with Crippen LogP contribution in [0.15, 0.2) is 0 Å². The lowest BCUT2D eigenvalue weighted by molar-refractivity contribution is -0.130. The maximum Gasteiger partial charge on any atom is 0.246 e. The van der Waals surface area contributed by atoms with E-state index in [1.165, 1.54) is 0 Å². The third-order valence-electron chi connectivity index (χ3n) is 1.43. The van der Waals surface area contributed by atoms with Crippen molar-refractivity contribution >= 4 is 15.7 Å². The fourth-order valence-corrected chi connectivity index (χ4v) is 1.18. The molecule has 0 rings (SSSR count). The zero-order valence-corrected chi connectivity index (χ0v) is 10.5. The number of sulfone groups is 1. The van der Waals surface area contributed by atoms with Gasteiger partial charge in [0.15, 0.2) is 0 Å². The molecule has 0 saturated heterocycles. The van der Waals surface area contributed by atoms with Crippen LogP contribution in [-0.4, -0.2) is 45.1 Å². The lowest BCUT2D eigenvalue weighted by Gasteiger charge is -2.18. The fourth-order valence-electron chi connectivity index (χ4n) is 0.709. The molecule has 0 aliphatic heterocycles. The SMILES string of the molecule is CC(C)(C)OCC(=O)NCCS(C)(=O)=O. The zero-order chi connectivity index (χ0) is 12.1. The molecule has 0 aromatic heterocycles. The van der Waals surface area contributed by atoms with Gasteiger partial charge in [0, 0.05) is 12.8 Å². The molecule has 5 nitrogen and oxygen atoms in total. The second-order valence-electron chi connectivity index (χ2n) is 4.38. The van der Waals surface area contributed by atoms with E-state index in [1.54, 1.807) is 0 Å². The van der Waals surface area contributed by atoms with Crippen molar-refractivity contribution in [2.45, 2.75) is 26.4 Å². The monoisotopic (exact) mass is 237 g/mol. The van der Waals surface area contributed by atoms with Crippen LogP contribution in [0.2, 0.25) is 0 Å². The van der Waals surface area contributed by atoms with Gasteiger partial charge in [0.2, 0.25) is 5.91 Å². The first-order chi connectivity index (χ1) is 6.60. The van der Waals surface area contributed by atoms with Gasteiger partial charge in [-0.1, -0.05) is 0 Å². The standard InChI is InChI=1S/C9H19NO4S/c1-9(2,3)14-7-8(11)10-5-6-15(4,12)13/h5-7H2,1-4H3,(H,10,11). The highest BCUT2D eigenvalue weighted by Gasteiger charge is 2.12. The maximum atomic E-state index is 11.1. The minimum Gasteiger partial charge on any atom is -0.366 e. The topological polar surface area (TPSA) is 72.5 Å². The number of nitrogens with one attached hydrogen (secondary N) is 1. The van der Waals surface area contributed by atoms with Crippen LogP contribution in [0.25, 0.3) is 0 Å². The summed E-state index contributed by atoms with van der Waals surface area (Å²) in [6, 6.07) is 0. The van der Waals surface area contributed by atoms with Crippen molar-refractivity contribution in [3.63, 3.8) is 0 Å². The molecule has 0 aliphatic rings. The highest BCUT2D eigenvalue weighted by Crippen LogP contribution is 2.05. The van der Waals surface area contributed by atoms with Crippen LogP contribution >= 0.6 is 0 Å². The first kappa shape index (κ1) is 14.4. The molecule has 0 saturated carbocycles. The Balaban J connectivity index is 3.69. The summed E-state index contributed by atoms with van der Waals surface area (Å²) in [6.45, 7) is 5.61. The smallest absolute Gasteiger partial charge is 0.246 e. The van der Waals surface area contributed by atoms with E-state index in [4.69, 9.17) is 4.74 Å². The van der Waals surface area contributed by atoms with E-state index in [0.717, 1.165) is 6.26 Å². The zero-order valence-electron chi connectivity index (χ0n) is 9.66. The minimum atomic E-state index is -3.02. The molecule has 0 aromatic rings. The Kier molecular flexibility index (Phi) is 5.23. The average Bonchev–Trinajstić information content (AvgIpc) is 1.97. The van der Waals surface area contributed by atoms with Gasteiger partial charge in [0.05, 0.1) is 11.4 Å². The quantitative estimate of drug-likeness (QED) is 0.728. The predicted molar refractivity (Wildman–Crippen MR) is 58.4 cm³/mol. The van der Waals surface area contributed by atoms with Crippen molar-refractivity contribution in [2.75, 3.05) is 25.2 Å². The molecule has 1 amide bonds. The molecular weight excluding hydrogens is 218 g/mol. The Bertz CT molecular complexity index is 303. The normalized spacial score (nSPS) is 12.5. The van der Waals surface area contributed by atoms with E-state index < -0.39 is 9.84 Å². The van der Waals surface area contributed by atoms with Crippen LogP contribution in [0.3, 0.4) is 0 Å². The minimum absolute atomic E-state index is 0.0474. The molecule has 6 heteroatoms. The van der Waals surface area contributed by atoms with E-state index in [-0.39, 0.29) is 30.4 Å². The van der Waals surface area contributed by atoms with Crippen molar-refractivity contribution in [3.05, 3.63) is 0 Å². The first-order valence-electron chi connectivity index (χ1n) is 4.68. The highest BCUT2D eigenvalue weighted by molar-refractivity contribution is 7.90. The summed E-state index contributed by atoms with van der Waals surface area (Å²) in [7, 11) is -3.02. The first-order valence-corrected chi connectivity index (χ1v) is 6.74. The average molecular weight is 237 g/mol. The van der Waals surface area contributed by atoms with Crippen molar-refractivity contribution in [3.8, 4) is 0 Å². The molecule has 0 spiro atoms. The van der Waals surface area contributed by atoms with Crippen LogP contribution in [0.4, 0.5) is 0 Å². The van der Waals surface area contributed by atoms with Gasteiger partial charge >= 0.3 is 0 Å². The van der Waals surface area contributed by atoms with Gasteiger partial charge in [-0.05, 0) is 20.8 Å². The Hall–Kier alpha value is -0.620. The second-order valence-corrected chi connectivity index (χ2v) is 6.64. The van der Waals surface area contributed by atoms with Gasteiger partial charge < -0.3 is 10.1 Å². The van der Waals surface area contributed by atoms with Crippen LogP contribution < -0.4 is 5.32 Å². The maximum absolute atomic E-state index is 11.1. The predicted octanol–water partition coefficient (Wildman–Crippen LogP) is -0.0377. The van der Waals surface area contributed by atoms with Gasteiger partial charge in [-0.15, -0.1) is 0 Å². The summed E-state index contributed by atoms with van der Waals surface area (Å²) in [5, 5.41) is 2.47. The van der Waals surface area contributed by atoms with E-state index in [9.17, 15) is 13.2 Å². The molecule has 0 unspecified atom stereocenters. The molecule has 0 bridgehead atoms. The third-order valence-corrected chi connectivity index (χ3v) is 2.38. The van der Waals surface area contributed by atoms with Gasteiger partial charge in [-0.3, -0.25) is 4.79 Å². The number of amides is 1. The second kappa shape index (κ2) is 5.46. The molecule has 1 N–H and O–H groups in total. The van der Waals surface area contributed by atoms with Gasteiger partial charge in [0.25, 0.3) is 0 Å². The molecule has 0 heterocycles. The number of hydrogen-bond acceptors (Lipinski definition) is 4. The summed E-state index contributed by atoms with van der Waals surface area (Å²) in [5.74, 6) is -0.345. The Morgan fingerprint density at radius 2 is 1.87 bits per heavy atom. The van der Waals surface area contributed by atoms with Crippen LogP contribution in [0, 0.1) is 0 Å². The lowest BCUT2D eigenvalue weighted by Crippen LogP contribution is -2.34. The van der Waals surface area contributed by atoms with Crippen LogP contribution in [-0.2, 0) is 19.4 Å². The number of carbonyl (C=O) groups is 1. The molecule has 0 fully saturated rings. The lowest BCUT2D eigenvalue weighted by atomic mass is 10.2. The summed E-state index contributed by atoms with van der Waals surface area (Å²) in [6.07, 6.45) is 1.13. The van der Waals surface area contributed by atoms with E-state index in [0.29, 0.717) is 0 Å². The molecule has 0 aliphatic carbocycles. The number of hydrogen-bond donors (Lipinski definition) is 1. The Morgan fingerprint density at radius 1 is 1.33 bits per heavy atom. The van der Waals surface area contributed by atoms with Gasteiger partial charge in [-0.25, -0.2) is 8.42 Å². The van der Waals surface area contributed by atoms with E-state index >= 15 is 0 Å². The fraction of sp³-hybridized carbons (Fsp3) is 0.889. The van der Waals surface area contributed by atoms with Gasteiger partial charge in [-0.2, -0.15) is 0 Å². The molecular formula is C9H19NO4S. The molecule has 0 radical (unpaired) electrons. The van der Waals surface area contributed by atoms with Crippen molar-refractivity contribution in [1.82, 2.24) is 5.32 Å². The number of rotatable bonds is 5. The Morgan fingerprint density at radius 3 is 2.27 bits per heavy atom. The summed E-state index contributed by atoms with van der Waals surface area (Å²) in [4.78, 5) is 11.1. The summed E-state index contributed by atoms with van der Waals surface area (Å²) in [5.41, 5.74) is -0.367. The van der Waals surface area contributed by atoms with E-state index in [1.807, 2.05) is 20.8 Å². The third kappa shape index (κ3) is 11.3. The molecule has 0 aromatic carbocycles. The van der Waals surface area contributed by atoms with E-state index in [2.05, 4.69) is 5.32 Å². The summed E-state index contributed by atoms with van der Waals surface area (Å²) < 4.78 is 26.7. The van der Waals surface area contributed by atoms with Crippen LogP contribution in [0.1, 0.15) is 20.8 Å². The highest BCUT2D eigenvalue weighted by atomic mass is 32.2. The molecule has 15 heavy (non-hydrogen) atoms. The largest absolute Gasteiger partial charge is 0.366 e. The van der Waals surface area contributed by atoms with Crippen molar-refractivity contribution in [1.29, 1.82) is 0 Å². The number of carbonyl (C=O) groups excluding carboxylic acids is 1. The Labute approximate surface area is 91.1 Å². The molecule has 90 valence electrons. The van der Waals surface area contributed by atoms with Gasteiger partial charge in [0.1, 0.15) is 16.4 Å². The molecule has 0 atom stereocenters. The van der Waals surface area contributed by atoms with Crippen LogP contribution in [0.5, 0.6) is 0 Å². The number of ether oxygens (including phenoxy) is 1.